The third kappa shape index (κ3) is 4.87. The summed E-state index contributed by atoms with van der Waals surface area (Å²) in [6.45, 7) is -0.293. The van der Waals surface area contributed by atoms with Crippen LogP contribution in [0.25, 0.3) is 11.1 Å². The molecule has 4 N–H and O–H groups in total. The predicted molar refractivity (Wildman–Crippen MR) is 154 cm³/mol. The lowest BCUT2D eigenvalue weighted by atomic mass is 9.87. The number of ether oxygens (including phenoxy) is 6. The number of phenolic OH excluding ortho intramolecular Hbond substituents is 4. The van der Waals surface area contributed by atoms with Gasteiger partial charge in [0, 0.05) is 22.3 Å². The molecule has 14 nitrogen and oxygen atoms in total. The molecule has 2 heterocycles. The highest BCUT2D eigenvalue weighted by Crippen LogP contribution is 2.45. The van der Waals surface area contributed by atoms with Gasteiger partial charge in [-0.3, -0.25) is 19.2 Å². The molecule has 6 rings (SSSR count). The van der Waals surface area contributed by atoms with Crippen LogP contribution in [0.2, 0.25) is 0 Å². The number of aromatic hydroxyl groups is 4. The normalized spacial score (nSPS) is 12.5. The Morgan fingerprint density at radius 2 is 0.891 bits per heavy atom. The van der Waals surface area contributed by atoms with Crippen LogP contribution in [0.3, 0.4) is 0 Å². The van der Waals surface area contributed by atoms with Crippen molar-refractivity contribution in [2.75, 3.05) is 27.8 Å². The molecule has 0 unspecified atom stereocenters. The smallest absolute Gasteiger partial charge is 0.234 e. The summed E-state index contributed by atoms with van der Waals surface area (Å²) < 4.78 is 31.8. The fourth-order valence-electron chi connectivity index (χ4n) is 5.00. The first-order chi connectivity index (χ1) is 22.0. The summed E-state index contributed by atoms with van der Waals surface area (Å²) in [5.74, 6) is -6.82. The lowest BCUT2D eigenvalue weighted by Crippen LogP contribution is -2.18. The Morgan fingerprint density at radius 3 is 1.26 bits per heavy atom. The van der Waals surface area contributed by atoms with Gasteiger partial charge in [-0.05, 0) is 59.7 Å². The van der Waals surface area contributed by atoms with Gasteiger partial charge in [-0.2, -0.15) is 0 Å². The van der Waals surface area contributed by atoms with Crippen molar-refractivity contribution in [3.63, 3.8) is 0 Å². The Bertz CT molecular complexity index is 1850. The second-order valence-electron chi connectivity index (χ2n) is 9.91. The largest absolute Gasteiger partial charge is 0.504 e. The van der Waals surface area contributed by atoms with Crippen LogP contribution >= 0.6 is 0 Å². The van der Waals surface area contributed by atoms with Gasteiger partial charge in [0.1, 0.15) is 0 Å². The van der Waals surface area contributed by atoms with Crippen molar-refractivity contribution in [1.29, 1.82) is 0 Å². The number of rotatable bonds is 9. The van der Waals surface area contributed by atoms with Crippen LogP contribution < -0.4 is 28.4 Å². The van der Waals surface area contributed by atoms with Crippen LogP contribution in [0.1, 0.15) is 41.4 Å². The SMILES string of the molecule is COc1cc(C(=O)C(=O)c2cc(O)c(O)cc2-c2cc(O)c(O)cc2C(=O)C(=O)c2cc(OC)c3c(c2)OCO3)cc2c1OCO2. The average Bonchev–Trinajstić information content (AvgIpc) is 3.74. The molecule has 0 saturated carbocycles. The first kappa shape index (κ1) is 29.6. The molecule has 0 radical (unpaired) electrons. The molecular weight excluding hydrogens is 608 g/mol. The Kier molecular flexibility index (Phi) is 7.24. The molecule has 0 aliphatic carbocycles. The number of hydrogen-bond donors (Lipinski definition) is 4. The fraction of sp³-hybridized carbons (Fsp3) is 0.125. The zero-order valence-corrected chi connectivity index (χ0v) is 23.9. The maximum absolute atomic E-state index is 13.7. The van der Waals surface area contributed by atoms with Gasteiger partial charge in [0.25, 0.3) is 0 Å². The van der Waals surface area contributed by atoms with E-state index in [1.54, 1.807) is 0 Å². The molecule has 4 aromatic rings. The van der Waals surface area contributed by atoms with Crippen molar-refractivity contribution in [2.45, 2.75) is 0 Å². The quantitative estimate of drug-likeness (QED) is 0.118. The van der Waals surface area contributed by atoms with Gasteiger partial charge in [0.2, 0.25) is 48.2 Å². The second-order valence-corrected chi connectivity index (χ2v) is 9.91. The Morgan fingerprint density at radius 1 is 0.522 bits per heavy atom. The second kappa shape index (κ2) is 11.2. The van der Waals surface area contributed by atoms with Crippen molar-refractivity contribution < 1.29 is 68.0 Å². The number of phenols is 4. The van der Waals surface area contributed by atoms with Gasteiger partial charge in [-0.15, -0.1) is 0 Å². The summed E-state index contributed by atoms with van der Waals surface area (Å²) >= 11 is 0. The highest BCUT2D eigenvalue weighted by molar-refractivity contribution is 6.52. The summed E-state index contributed by atoms with van der Waals surface area (Å²) in [6.07, 6.45) is 0. The van der Waals surface area contributed by atoms with Gasteiger partial charge >= 0.3 is 0 Å². The summed E-state index contributed by atoms with van der Waals surface area (Å²) in [5.41, 5.74) is -2.07. The fourth-order valence-corrected chi connectivity index (χ4v) is 5.00. The Labute approximate surface area is 258 Å². The van der Waals surface area contributed by atoms with Crippen LogP contribution in [0.15, 0.2) is 48.5 Å². The number of benzene rings is 4. The van der Waals surface area contributed by atoms with Crippen molar-refractivity contribution >= 4 is 23.1 Å². The first-order valence-electron chi connectivity index (χ1n) is 13.3. The van der Waals surface area contributed by atoms with E-state index in [2.05, 4.69) is 0 Å². The molecule has 0 bridgehead atoms. The monoisotopic (exact) mass is 630 g/mol. The zero-order chi connectivity index (χ0) is 32.9. The van der Waals surface area contributed by atoms with Crippen LogP contribution in [0.4, 0.5) is 0 Å². The molecular formula is C32H22O14. The maximum atomic E-state index is 13.7. The highest BCUT2D eigenvalue weighted by Gasteiger charge is 2.32. The van der Waals surface area contributed by atoms with E-state index in [1.165, 1.54) is 38.5 Å². The third-order valence-electron chi connectivity index (χ3n) is 7.26. The highest BCUT2D eigenvalue weighted by atomic mass is 16.7. The van der Waals surface area contributed by atoms with E-state index >= 15 is 0 Å². The minimum atomic E-state index is -1.22. The average molecular weight is 631 g/mol. The molecule has 234 valence electrons. The molecule has 0 fully saturated rings. The van der Waals surface area contributed by atoms with Crippen molar-refractivity contribution in [2.24, 2.45) is 0 Å². The van der Waals surface area contributed by atoms with Crippen molar-refractivity contribution in [1.82, 2.24) is 0 Å². The summed E-state index contributed by atoms with van der Waals surface area (Å²) in [6, 6.07) is 8.31. The van der Waals surface area contributed by atoms with Gasteiger partial charge in [0.05, 0.1) is 14.2 Å². The number of methoxy groups -OCH3 is 2. The van der Waals surface area contributed by atoms with Gasteiger partial charge in [0.15, 0.2) is 46.0 Å². The Hall–Kier alpha value is -6.44. The van der Waals surface area contributed by atoms with E-state index in [-0.39, 0.29) is 70.3 Å². The van der Waals surface area contributed by atoms with E-state index < -0.39 is 57.3 Å². The van der Waals surface area contributed by atoms with E-state index in [9.17, 15) is 39.6 Å². The lowest BCUT2D eigenvalue weighted by Gasteiger charge is -2.15. The van der Waals surface area contributed by atoms with Crippen molar-refractivity contribution in [3.8, 4) is 68.6 Å². The van der Waals surface area contributed by atoms with E-state index in [0.717, 1.165) is 24.3 Å². The number of carbonyl (C=O) groups is 4. The maximum Gasteiger partial charge on any atom is 0.234 e. The zero-order valence-electron chi connectivity index (χ0n) is 23.9. The molecule has 0 spiro atoms. The van der Waals surface area contributed by atoms with Crippen LogP contribution in [0, 0.1) is 0 Å². The minimum Gasteiger partial charge on any atom is -0.504 e. The summed E-state index contributed by atoms with van der Waals surface area (Å²) in [4.78, 5) is 54.4. The number of fused-ring (bicyclic) bond motifs is 2. The van der Waals surface area contributed by atoms with E-state index in [4.69, 9.17) is 28.4 Å². The number of ketones is 4. The molecule has 4 aromatic carbocycles. The van der Waals surface area contributed by atoms with E-state index in [1.807, 2.05) is 0 Å². The number of carbonyl (C=O) groups excluding carboxylic acids is 4. The first-order valence-corrected chi connectivity index (χ1v) is 13.3. The molecule has 0 atom stereocenters. The third-order valence-corrected chi connectivity index (χ3v) is 7.26. The number of hydrogen-bond acceptors (Lipinski definition) is 14. The lowest BCUT2D eigenvalue weighted by molar-refractivity contribution is 0.0815. The standard InChI is InChI=1S/C32H22O14/c1-41-23-3-13(5-25-31(23)45-11-43-25)27(37)29(39)17-9-21(35)19(33)7-15(17)16-8-20(34)22(36)10-18(16)30(40)28(38)14-4-24(42-2)32-26(6-14)44-12-46-32/h3-10,33-36H,11-12H2,1-2H3. The van der Waals surface area contributed by atoms with E-state index in [0.29, 0.717) is 0 Å². The van der Waals surface area contributed by atoms with Gasteiger partial charge in [-0.1, -0.05) is 0 Å². The Balaban J connectivity index is 1.46. The summed E-state index contributed by atoms with van der Waals surface area (Å²) in [7, 11) is 2.64. The molecule has 2 aliphatic rings. The molecule has 2 aliphatic heterocycles. The molecule has 0 saturated heterocycles. The molecule has 0 aromatic heterocycles. The molecule has 0 amide bonds. The molecule has 14 heteroatoms. The van der Waals surface area contributed by atoms with Gasteiger partial charge in [-0.25, -0.2) is 0 Å². The minimum absolute atomic E-state index is 0.106. The number of Topliss-reactive ketones (excluding diaryl/α,β-unsaturated/α-hetero) is 4. The van der Waals surface area contributed by atoms with Crippen LogP contribution in [0.5, 0.6) is 57.5 Å². The summed E-state index contributed by atoms with van der Waals surface area (Å²) in [5, 5.41) is 41.4. The molecule has 46 heavy (non-hydrogen) atoms. The predicted octanol–water partition coefficient (Wildman–Crippen LogP) is 3.78. The van der Waals surface area contributed by atoms with Crippen LogP contribution in [-0.4, -0.2) is 71.4 Å². The van der Waals surface area contributed by atoms with Crippen molar-refractivity contribution in [3.05, 3.63) is 70.8 Å². The van der Waals surface area contributed by atoms with Crippen LogP contribution in [-0.2, 0) is 0 Å². The topological polar surface area (TPSA) is 205 Å². The van der Waals surface area contributed by atoms with Gasteiger partial charge < -0.3 is 48.8 Å².